The van der Waals surface area contributed by atoms with Crippen LogP contribution in [0.15, 0.2) is 42.5 Å². The number of nitrogens with one attached hydrogen (secondary N) is 1. The zero-order valence-corrected chi connectivity index (χ0v) is 17.0. The standard InChI is InChI=1S/C24H22F4N2O/c1-14-19-10-9-17(24(26,27)28)12-20(19)30-22(16-6-2-3-7-16)21(14)23(31)29-13-15-5-4-8-18(25)11-15/h4-5,8-12,16H,2-3,6-7,13H2,1H3,(H,29,31). The van der Waals surface area contributed by atoms with Crippen LogP contribution in [-0.2, 0) is 12.7 Å². The van der Waals surface area contributed by atoms with Gasteiger partial charge in [0.25, 0.3) is 5.91 Å². The lowest BCUT2D eigenvalue weighted by Gasteiger charge is -2.19. The van der Waals surface area contributed by atoms with Gasteiger partial charge < -0.3 is 5.32 Å². The Bertz CT molecular complexity index is 1130. The molecule has 1 fully saturated rings. The van der Waals surface area contributed by atoms with E-state index in [1.54, 1.807) is 19.1 Å². The van der Waals surface area contributed by atoms with E-state index in [1.807, 2.05) is 0 Å². The summed E-state index contributed by atoms with van der Waals surface area (Å²) in [6, 6.07) is 9.41. The number of aromatic nitrogens is 1. The van der Waals surface area contributed by atoms with E-state index in [9.17, 15) is 22.4 Å². The largest absolute Gasteiger partial charge is 0.416 e. The Labute approximate surface area is 177 Å². The van der Waals surface area contributed by atoms with Gasteiger partial charge in [0.2, 0.25) is 0 Å². The first-order valence-corrected chi connectivity index (χ1v) is 10.3. The SMILES string of the molecule is Cc1c(C(=O)NCc2cccc(F)c2)c(C2CCCC2)nc2cc(C(F)(F)F)ccc12. The molecule has 1 aliphatic carbocycles. The van der Waals surface area contributed by atoms with Crippen molar-refractivity contribution >= 4 is 16.8 Å². The van der Waals surface area contributed by atoms with Crippen molar-refractivity contribution in [1.82, 2.24) is 10.3 Å². The van der Waals surface area contributed by atoms with E-state index in [2.05, 4.69) is 10.3 Å². The maximum absolute atomic E-state index is 13.4. The van der Waals surface area contributed by atoms with Gasteiger partial charge in [-0.3, -0.25) is 9.78 Å². The predicted molar refractivity (Wildman–Crippen MR) is 110 cm³/mol. The maximum atomic E-state index is 13.4. The highest BCUT2D eigenvalue weighted by Crippen LogP contribution is 2.38. The second-order valence-electron chi connectivity index (χ2n) is 8.02. The van der Waals surface area contributed by atoms with Gasteiger partial charge in [0.05, 0.1) is 22.3 Å². The minimum Gasteiger partial charge on any atom is -0.348 e. The molecule has 0 atom stereocenters. The Balaban J connectivity index is 1.75. The highest BCUT2D eigenvalue weighted by molar-refractivity contribution is 6.01. The molecule has 0 aliphatic heterocycles. The smallest absolute Gasteiger partial charge is 0.348 e. The Kier molecular flexibility index (Phi) is 5.69. The van der Waals surface area contributed by atoms with Gasteiger partial charge in [-0.15, -0.1) is 0 Å². The molecule has 3 aromatic rings. The number of halogens is 4. The van der Waals surface area contributed by atoms with E-state index in [0.717, 1.165) is 37.8 Å². The molecule has 0 radical (unpaired) electrons. The van der Waals surface area contributed by atoms with E-state index in [4.69, 9.17) is 0 Å². The molecule has 162 valence electrons. The first-order valence-electron chi connectivity index (χ1n) is 10.3. The number of benzene rings is 2. The number of carbonyl (C=O) groups excluding carboxylic acids is 1. The van der Waals surface area contributed by atoms with Crippen LogP contribution in [0.4, 0.5) is 17.6 Å². The van der Waals surface area contributed by atoms with E-state index in [0.29, 0.717) is 27.8 Å². The molecule has 1 aliphatic rings. The van der Waals surface area contributed by atoms with E-state index < -0.39 is 11.7 Å². The van der Waals surface area contributed by atoms with Crippen LogP contribution in [-0.4, -0.2) is 10.9 Å². The molecule has 0 spiro atoms. The van der Waals surface area contributed by atoms with Crippen LogP contribution in [0.5, 0.6) is 0 Å². The zero-order valence-electron chi connectivity index (χ0n) is 17.0. The third-order valence-electron chi connectivity index (χ3n) is 5.91. The number of hydrogen-bond acceptors (Lipinski definition) is 2. The van der Waals surface area contributed by atoms with E-state index >= 15 is 0 Å². The lowest BCUT2D eigenvalue weighted by Crippen LogP contribution is -2.26. The highest BCUT2D eigenvalue weighted by Gasteiger charge is 2.32. The molecule has 2 aromatic carbocycles. The Hall–Kier alpha value is -2.96. The van der Waals surface area contributed by atoms with Gasteiger partial charge in [-0.05, 0) is 55.2 Å². The molecule has 31 heavy (non-hydrogen) atoms. The van der Waals surface area contributed by atoms with Crippen molar-refractivity contribution in [3.63, 3.8) is 0 Å². The molecule has 1 heterocycles. The van der Waals surface area contributed by atoms with Gasteiger partial charge in [0, 0.05) is 17.8 Å². The summed E-state index contributed by atoms with van der Waals surface area (Å²) in [5.74, 6) is -0.701. The van der Waals surface area contributed by atoms with Crippen molar-refractivity contribution in [2.45, 2.75) is 51.2 Å². The van der Waals surface area contributed by atoms with E-state index in [-0.39, 0.29) is 29.7 Å². The van der Waals surface area contributed by atoms with Crippen LogP contribution < -0.4 is 5.32 Å². The van der Waals surface area contributed by atoms with Crippen LogP contribution >= 0.6 is 0 Å². The number of hydrogen-bond donors (Lipinski definition) is 1. The normalized spacial score (nSPS) is 14.9. The molecule has 0 saturated heterocycles. The van der Waals surface area contributed by atoms with Crippen LogP contribution in [0.25, 0.3) is 10.9 Å². The van der Waals surface area contributed by atoms with Gasteiger partial charge in [-0.2, -0.15) is 13.2 Å². The molecule has 1 N–H and O–H groups in total. The van der Waals surface area contributed by atoms with Crippen molar-refractivity contribution in [1.29, 1.82) is 0 Å². The number of amides is 1. The number of aryl methyl sites for hydroxylation is 1. The number of rotatable bonds is 4. The topological polar surface area (TPSA) is 42.0 Å². The predicted octanol–water partition coefficient (Wildman–Crippen LogP) is 6.29. The molecule has 0 unspecified atom stereocenters. The minimum absolute atomic E-state index is 0.0348. The first-order chi connectivity index (χ1) is 14.7. The average Bonchev–Trinajstić information content (AvgIpc) is 3.26. The quantitative estimate of drug-likeness (QED) is 0.495. The summed E-state index contributed by atoms with van der Waals surface area (Å²) in [4.78, 5) is 17.7. The summed E-state index contributed by atoms with van der Waals surface area (Å²) in [5, 5.41) is 3.34. The van der Waals surface area contributed by atoms with Crippen LogP contribution in [0.1, 0.15) is 64.3 Å². The molecule has 4 rings (SSSR count). The molecule has 0 bridgehead atoms. The molecule has 1 amide bonds. The average molecular weight is 430 g/mol. The molecule has 7 heteroatoms. The third-order valence-corrected chi connectivity index (χ3v) is 5.91. The Morgan fingerprint density at radius 3 is 2.55 bits per heavy atom. The van der Waals surface area contributed by atoms with Crippen molar-refractivity contribution in [2.24, 2.45) is 0 Å². The summed E-state index contributed by atoms with van der Waals surface area (Å²) in [7, 11) is 0. The minimum atomic E-state index is -4.46. The Morgan fingerprint density at radius 1 is 1.13 bits per heavy atom. The molecule has 1 aromatic heterocycles. The summed E-state index contributed by atoms with van der Waals surface area (Å²) in [6.07, 6.45) is -0.771. The summed E-state index contributed by atoms with van der Waals surface area (Å²) in [5.41, 5.74) is 1.69. The van der Waals surface area contributed by atoms with Gasteiger partial charge in [-0.25, -0.2) is 4.39 Å². The number of alkyl halides is 3. The van der Waals surface area contributed by atoms with E-state index in [1.165, 1.54) is 18.2 Å². The second kappa shape index (κ2) is 8.29. The van der Waals surface area contributed by atoms with Gasteiger partial charge >= 0.3 is 6.18 Å². The van der Waals surface area contributed by atoms with Crippen LogP contribution in [0.2, 0.25) is 0 Å². The van der Waals surface area contributed by atoms with Crippen molar-refractivity contribution in [3.05, 3.63) is 76.2 Å². The van der Waals surface area contributed by atoms with Gasteiger partial charge in [0.15, 0.2) is 0 Å². The van der Waals surface area contributed by atoms with Crippen molar-refractivity contribution in [3.8, 4) is 0 Å². The zero-order chi connectivity index (χ0) is 22.2. The van der Waals surface area contributed by atoms with Gasteiger partial charge in [0.1, 0.15) is 5.82 Å². The fourth-order valence-corrected chi connectivity index (χ4v) is 4.33. The number of fused-ring (bicyclic) bond motifs is 1. The maximum Gasteiger partial charge on any atom is 0.416 e. The molecule has 3 nitrogen and oxygen atoms in total. The van der Waals surface area contributed by atoms with Crippen molar-refractivity contribution in [2.75, 3.05) is 0 Å². The lowest BCUT2D eigenvalue weighted by molar-refractivity contribution is -0.137. The second-order valence-corrected chi connectivity index (χ2v) is 8.02. The summed E-state index contributed by atoms with van der Waals surface area (Å²) >= 11 is 0. The van der Waals surface area contributed by atoms with Crippen LogP contribution in [0.3, 0.4) is 0 Å². The lowest BCUT2D eigenvalue weighted by atomic mass is 9.92. The number of pyridine rings is 1. The Morgan fingerprint density at radius 2 is 1.87 bits per heavy atom. The fraction of sp³-hybridized carbons (Fsp3) is 0.333. The first kappa shape index (κ1) is 21.3. The fourth-order valence-electron chi connectivity index (χ4n) is 4.33. The number of carbonyl (C=O) groups is 1. The highest BCUT2D eigenvalue weighted by atomic mass is 19.4. The molecule has 1 saturated carbocycles. The van der Waals surface area contributed by atoms with Crippen LogP contribution in [0, 0.1) is 12.7 Å². The summed E-state index contributed by atoms with van der Waals surface area (Å²) < 4.78 is 53.0. The summed E-state index contributed by atoms with van der Waals surface area (Å²) in [6.45, 7) is 1.89. The molecular formula is C24H22F4N2O. The monoisotopic (exact) mass is 430 g/mol. The number of nitrogens with zero attached hydrogens (tertiary/aromatic N) is 1. The molecular weight excluding hydrogens is 408 g/mol. The van der Waals surface area contributed by atoms with Crippen molar-refractivity contribution < 1.29 is 22.4 Å². The third kappa shape index (κ3) is 4.40. The van der Waals surface area contributed by atoms with Gasteiger partial charge in [-0.1, -0.05) is 31.0 Å².